The first-order valence-corrected chi connectivity index (χ1v) is 5.53. The zero-order chi connectivity index (χ0) is 10.4. The summed E-state index contributed by atoms with van der Waals surface area (Å²) in [6.07, 6.45) is 1.68. The van der Waals surface area contributed by atoms with Crippen molar-refractivity contribution in [1.29, 1.82) is 0 Å². The Bertz CT molecular complexity index is 315. The summed E-state index contributed by atoms with van der Waals surface area (Å²) in [5.74, 6) is 0.597. The predicted octanol–water partition coefficient (Wildman–Crippen LogP) is 2.37. The summed E-state index contributed by atoms with van der Waals surface area (Å²) < 4.78 is 4.92. The van der Waals surface area contributed by atoms with Crippen LogP contribution in [0.1, 0.15) is 24.2 Å². The van der Waals surface area contributed by atoms with E-state index in [1.54, 1.807) is 37.0 Å². The summed E-state index contributed by atoms with van der Waals surface area (Å²) in [7, 11) is 0. The van der Waals surface area contributed by atoms with Crippen LogP contribution in [0, 0.1) is 0 Å². The van der Waals surface area contributed by atoms with Crippen molar-refractivity contribution in [3.63, 3.8) is 0 Å². The van der Waals surface area contributed by atoms with Gasteiger partial charge in [0.05, 0.1) is 12.2 Å². The van der Waals surface area contributed by atoms with Crippen LogP contribution in [-0.2, 0) is 4.74 Å². The molecule has 1 aromatic heterocycles. The summed E-state index contributed by atoms with van der Waals surface area (Å²) in [6, 6.07) is 3.48. The second-order valence-electron chi connectivity index (χ2n) is 2.51. The van der Waals surface area contributed by atoms with Crippen molar-refractivity contribution in [3.8, 4) is 0 Å². The zero-order valence-electron chi connectivity index (χ0n) is 8.32. The standard InChI is InChI=1S/C10H13NO2S/c1-3-13-10(12)8-6-5-7-11-9(8)14-4-2/h5-7H,3-4H2,1-2H3. The van der Waals surface area contributed by atoms with Crippen LogP contribution in [0.25, 0.3) is 0 Å². The van der Waals surface area contributed by atoms with Gasteiger partial charge in [0.1, 0.15) is 5.03 Å². The average molecular weight is 211 g/mol. The molecule has 0 unspecified atom stereocenters. The first kappa shape index (κ1) is 11.0. The average Bonchev–Trinajstić information content (AvgIpc) is 2.19. The SMILES string of the molecule is CCOC(=O)c1cccnc1SCC. The Kier molecular flexibility index (Phi) is 4.46. The molecule has 1 rings (SSSR count). The Balaban J connectivity index is 2.88. The highest BCUT2D eigenvalue weighted by Crippen LogP contribution is 2.19. The highest BCUT2D eigenvalue weighted by Gasteiger charge is 2.12. The van der Waals surface area contributed by atoms with Gasteiger partial charge >= 0.3 is 5.97 Å². The molecule has 0 fully saturated rings. The molecular formula is C10H13NO2S. The fourth-order valence-electron chi connectivity index (χ4n) is 1.01. The fourth-order valence-corrected chi connectivity index (χ4v) is 1.72. The van der Waals surface area contributed by atoms with E-state index in [0.717, 1.165) is 10.8 Å². The van der Waals surface area contributed by atoms with Crippen LogP contribution in [0.3, 0.4) is 0 Å². The van der Waals surface area contributed by atoms with Crippen LogP contribution in [-0.4, -0.2) is 23.3 Å². The first-order valence-electron chi connectivity index (χ1n) is 4.54. The highest BCUT2D eigenvalue weighted by atomic mass is 32.2. The van der Waals surface area contributed by atoms with Gasteiger partial charge in [0.2, 0.25) is 0 Å². The van der Waals surface area contributed by atoms with Crippen molar-refractivity contribution in [2.24, 2.45) is 0 Å². The van der Waals surface area contributed by atoms with Crippen molar-refractivity contribution in [2.75, 3.05) is 12.4 Å². The molecule has 0 aromatic carbocycles. The molecule has 0 aliphatic carbocycles. The molecule has 76 valence electrons. The van der Waals surface area contributed by atoms with Gasteiger partial charge in [-0.05, 0) is 24.8 Å². The molecule has 0 aliphatic heterocycles. The van der Waals surface area contributed by atoms with Crippen molar-refractivity contribution in [2.45, 2.75) is 18.9 Å². The molecule has 0 atom stereocenters. The summed E-state index contributed by atoms with van der Waals surface area (Å²) >= 11 is 1.54. The third kappa shape index (κ3) is 2.73. The number of aromatic nitrogens is 1. The fraction of sp³-hybridized carbons (Fsp3) is 0.400. The minimum Gasteiger partial charge on any atom is -0.462 e. The lowest BCUT2D eigenvalue weighted by Crippen LogP contribution is -2.06. The van der Waals surface area contributed by atoms with Crippen molar-refractivity contribution in [3.05, 3.63) is 23.9 Å². The van der Waals surface area contributed by atoms with E-state index >= 15 is 0 Å². The maximum Gasteiger partial charge on any atom is 0.340 e. The monoisotopic (exact) mass is 211 g/mol. The molecule has 14 heavy (non-hydrogen) atoms. The molecule has 4 heteroatoms. The Morgan fingerprint density at radius 3 is 3.00 bits per heavy atom. The van der Waals surface area contributed by atoms with E-state index in [9.17, 15) is 4.79 Å². The van der Waals surface area contributed by atoms with Gasteiger partial charge in [-0.2, -0.15) is 0 Å². The van der Waals surface area contributed by atoms with Gasteiger partial charge in [0.25, 0.3) is 0 Å². The highest BCUT2D eigenvalue weighted by molar-refractivity contribution is 7.99. The lowest BCUT2D eigenvalue weighted by atomic mass is 10.3. The lowest BCUT2D eigenvalue weighted by molar-refractivity contribution is 0.0521. The van der Waals surface area contributed by atoms with E-state index in [1.807, 2.05) is 6.92 Å². The molecule has 1 aromatic rings. The van der Waals surface area contributed by atoms with Crippen LogP contribution in [0.5, 0.6) is 0 Å². The van der Waals surface area contributed by atoms with Gasteiger partial charge in [-0.3, -0.25) is 0 Å². The number of thioether (sulfide) groups is 1. The van der Waals surface area contributed by atoms with Crippen LogP contribution in [0.15, 0.2) is 23.4 Å². The third-order valence-corrected chi connectivity index (χ3v) is 2.43. The minimum atomic E-state index is -0.295. The summed E-state index contributed by atoms with van der Waals surface area (Å²) in [6.45, 7) is 4.21. The summed E-state index contributed by atoms with van der Waals surface area (Å²) in [5.41, 5.74) is 0.557. The number of ether oxygens (including phenoxy) is 1. The van der Waals surface area contributed by atoms with Crippen LogP contribution < -0.4 is 0 Å². The Hall–Kier alpha value is -1.03. The number of carbonyl (C=O) groups excluding carboxylic acids is 1. The van der Waals surface area contributed by atoms with E-state index in [0.29, 0.717) is 12.2 Å². The molecule has 0 N–H and O–H groups in total. The summed E-state index contributed by atoms with van der Waals surface area (Å²) in [4.78, 5) is 15.6. The number of carbonyl (C=O) groups is 1. The number of pyridine rings is 1. The topological polar surface area (TPSA) is 39.2 Å². The van der Waals surface area contributed by atoms with Gasteiger partial charge in [-0.25, -0.2) is 9.78 Å². The molecule has 0 bridgehead atoms. The molecule has 0 aliphatic rings. The number of hydrogen-bond donors (Lipinski definition) is 0. The van der Waals surface area contributed by atoms with E-state index in [4.69, 9.17) is 4.74 Å². The third-order valence-electron chi connectivity index (χ3n) is 1.55. The second-order valence-corrected chi connectivity index (χ2v) is 3.76. The lowest BCUT2D eigenvalue weighted by Gasteiger charge is -2.05. The maximum atomic E-state index is 11.5. The number of hydrogen-bond acceptors (Lipinski definition) is 4. The second kappa shape index (κ2) is 5.65. The smallest absolute Gasteiger partial charge is 0.340 e. The van der Waals surface area contributed by atoms with Gasteiger partial charge in [0, 0.05) is 6.20 Å². The predicted molar refractivity (Wildman–Crippen MR) is 56.6 cm³/mol. The molecule has 0 saturated heterocycles. The molecule has 0 saturated carbocycles. The van der Waals surface area contributed by atoms with E-state index in [1.165, 1.54) is 0 Å². The first-order chi connectivity index (χ1) is 6.79. The zero-order valence-corrected chi connectivity index (χ0v) is 9.13. The van der Waals surface area contributed by atoms with Crippen LogP contribution >= 0.6 is 11.8 Å². The van der Waals surface area contributed by atoms with E-state index in [2.05, 4.69) is 4.98 Å². The van der Waals surface area contributed by atoms with Crippen molar-refractivity contribution >= 4 is 17.7 Å². The Labute approximate surface area is 87.9 Å². The van der Waals surface area contributed by atoms with Gasteiger partial charge in [-0.1, -0.05) is 6.92 Å². The van der Waals surface area contributed by atoms with Gasteiger partial charge in [-0.15, -0.1) is 11.8 Å². The normalized spacial score (nSPS) is 9.86. The Morgan fingerprint density at radius 1 is 1.57 bits per heavy atom. The van der Waals surface area contributed by atoms with Crippen molar-refractivity contribution in [1.82, 2.24) is 4.98 Å². The molecule has 0 amide bonds. The minimum absolute atomic E-state index is 0.295. The van der Waals surface area contributed by atoms with Crippen molar-refractivity contribution < 1.29 is 9.53 Å². The maximum absolute atomic E-state index is 11.5. The molecule has 1 heterocycles. The van der Waals surface area contributed by atoms with E-state index < -0.39 is 0 Å². The quantitative estimate of drug-likeness (QED) is 0.566. The van der Waals surface area contributed by atoms with Gasteiger partial charge < -0.3 is 4.74 Å². The number of nitrogens with zero attached hydrogens (tertiary/aromatic N) is 1. The molecule has 0 spiro atoms. The molecule has 3 nitrogen and oxygen atoms in total. The Morgan fingerprint density at radius 2 is 2.36 bits per heavy atom. The van der Waals surface area contributed by atoms with E-state index in [-0.39, 0.29) is 5.97 Å². The van der Waals surface area contributed by atoms with Gasteiger partial charge in [0.15, 0.2) is 0 Å². The molecule has 0 radical (unpaired) electrons. The number of esters is 1. The summed E-state index contributed by atoms with van der Waals surface area (Å²) in [5, 5.41) is 0.744. The number of rotatable bonds is 4. The van der Waals surface area contributed by atoms with Crippen LogP contribution in [0.2, 0.25) is 0 Å². The van der Waals surface area contributed by atoms with Crippen LogP contribution in [0.4, 0.5) is 0 Å². The largest absolute Gasteiger partial charge is 0.462 e. The molecular weight excluding hydrogens is 198 g/mol.